The molecule has 150 valence electrons. The summed E-state index contributed by atoms with van der Waals surface area (Å²) in [6, 6.07) is 10.2. The molecule has 0 bridgehead atoms. The van der Waals surface area contributed by atoms with Gasteiger partial charge in [-0.1, -0.05) is 6.07 Å². The molecule has 1 fully saturated rings. The van der Waals surface area contributed by atoms with Crippen molar-refractivity contribution in [3.8, 4) is 0 Å². The molecule has 1 N–H and O–H groups in total. The fourth-order valence-electron chi connectivity index (χ4n) is 2.83. The van der Waals surface area contributed by atoms with E-state index in [0.717, 1.165) is 18.7 Å². The summed E-state index contributed by atoms with van der Waals surface area (Å²) in [7, 11) is -1.51. The molecule has 9 heteroatoms. The van der Waals surface area contributed by atoms with Crippen molar-refractivity contribution in [2.45, 2.75) is 10.6 Å². The van der Waals surface area contributed by atoms with Crippen LogP contribution in [0.3, 0.4) is 0 Å². The minimum absolute atomic E-state index is 0.122. The van der Waals surface area contributed by atoms with E-state index in [-0.39, 0.29) is 10.8 Å². The Hall–Kier alpha value is -1.94. The Morgan fingerprint density at radius 3 is 2.50 bits per heavy atom. The number of amides is 1. The van der Waals surface area contributed by atoms with Crippen molar-refractivity contribution in [3.63, 3.8) is 0 Å². The first-order valence-electron chi connectivity index (χ1n) is 9.00. The Kier molecular flexibility index (Phi) is 7.06. The Labute approximate surface area is 170 Å². The monoisotopic (exact) mass is 420 g/mol. The van der Waals surface area contributed by atoms with E-state index in [1.54, 1.807) is 36.7 Å². The lowest BCUT2D eigenvalue weighted by Crippen LogP contribution is -2.46. The van der Waals surface area contributed by atoms with Crippen LogP contribution in [0, 0.1) is 0 Å². The van der Waals surface area contributed by atoms with E-state index in [1.165, 1.54) is 16.1 Å². The summed E-state index contributed by atoms with van der Waals surface area (Å²) in [6.07, 6.45) is 3.50. The lowest BCUT2D eigenvalue weighted by molar-refractivity contribution is -0.113. The summed E-state index contributed by atoms with van der Waals surface area (Å²) in [5.74, 6) is 0.906. The molecule has 0 spiro atoms. The van der Waals surface area contributed by atoms with E-state index >= 15 is 0 Å². The Bertz CT molecular complexity index is 881. The van der Waals surface area contributed by atoms with Gasteiger partial charge < -0.3 is 10.2 Å². The maximum atomic E-state index is 12.7. The van der Waals surface area contributed by atoms with Crippen LogP contribution in [0.2, 0.25) is 0 Å². The molecule has 1 aromatic carbocycles. The highest BCUT2D eigenvalue weighted by molar-refractivity contribution is 7.99. The molecular formula is C19H24N4O3S2. The second kappa shape index (κ2) is 9.51. The molecule has 3 rings (SSSR count). The van der Waals surface area contributed by atoms with Gasteiger partial charge in [0, 0.05) is 50.0 Å². The number of aromatic nitrogens is 1. The molecule has 0 atom stereocenters. The van der Waals surface area contributed by atoms with Crippen molar-refractivity contribution in [1.82, 2.24) is 14.2 Å². The molecule has 1 aromatic heterocycles. The number of sulfonamides is 1. The standard InChI is InChI=1S/C19H24N4O3S2/c1-22-9-11-23(12-10-22)28(25,26)18-6-4-17(5-7-18)21-19(24)15-27-14-16-3-2-8-20-13-16/h2-8,13H,9-12,14-15H2,1H3,(H,21,24). The van der Waals surface area contributed by atoms with Crippen LogP contribution >= 0.6 is 11.8 Å². The summed E-state index contributed by atoms with van der Waals surface area (Å²) >= 11 is 1.50. The minimum Gasteiger partial charge on any atom is -0.325 e. The van der Waals surface area contributed by atoms with Gasteiger partial charge in [0.1, 0.15) is 0 Å². The van der Waals surface area contributed by atoms with Gasteiger partial charge in [-0.25, -0.2) is 8.42 Å². The van der Waals surface area contributed by atoms with Gasteiger partial charge in [0.15, 0.2) is 0 Å². The number of carbonyl (C=O) groups is 1. The zero-order valence-corrected chi connectivity index (χ0v) is 17.4. The lowest BCUT2D eigenvalue weighted by atomic mass is 10.3. The van der Waals surface area contributed by atoms with Gasteiger partial charge in [-0.05, 0) is 42.9 Å². The van der Waals surface area contributed by atoms with Gasteiger partial charge in [-0.2, -0.15) is 4.31 Å². The number of likely N-dealkylation sites (N-methyl/N-ethyl adjacent to an activating group) is 1. The van der Waals surface area contributed by atoms with Crippen molar-refractivity contribution >= 4 is 33.4 Å². The predicted octanol–water partition coefficient (Wildman–Crippen LogP) is 1.89. The highest BCUT2D eigenvalue weighted by atomic mass is 32.2. The number of hydrogen-bond donors (Lipinski definition) is 1. The van der Waals surface area contributed by atoms with E-state index in [1.807, 2.05) is 19.2 Å². The van der Waals surface area contributed by atoms with E-state index in [9.17, 15) is 13.2 Å². The van der Waals surface area contributed by atoms with Crippen LogP contribution in [-0.4, -0.2) is 67.5 Å². The quantitative estimate of drug-likeness (QED) is 0.737. The van der Waals surface area contributed by atoms with E-state index in [0.29, 0.717) is 30.3 Å². The maximum absolute atomic E-state index is 12.7. The first-order valence-corrected chi connectivity index (χ1v) is 11.6. The number of thioether (sulfide) groups is 1. The van der Waals surface area contributed by atoms with Gasteiger partial charge in [0.25, 0.3) is 0 Å². The number of rotatable bonds is 7. The third kappa shape index (κ3) is 5.54. The molecule has 1 saturated heterocycles. The molecule has 1 aliphatic heterocycles. The van der Waals surface area contributed by atoms with Crippen LogP contribution in [0.5, 0.6) is 0 Å². The van der Waals surface area contributed by atoms with Crippen LogP contribution in [0.4, 0.5) is 5.69 Å². The number of benzene rings is 1. The number of hydrogen-bond acceptors (Lipinski definition) is 6. The number of piperazine rings is 1. The summed E-state index contributed by atoms with van der Waals surface area (Å²) < 4.78 is 26.9. The molecule has 1 amide bonds. The number of anilines is 1. The van der Waals surface area contributed by atoms with E-state index < -0.39 is 10.0 Å². The van der Waals surface area contributed by atoms with E-state index in [4.69, 9.17) is 0 Å². The highest BCUT2D eigenvalue weighted by Gasteiger charge is 2.27. The first-order chi connectivity index (χ1) is 13.4. The average Bonchev–Trinajstić information content (AvgIpc) is 2.69. The van der Waals surface area contributed by atoms with E-state index in [2.05, 4.69) is 15.2 Å². The second-order valence-corrected chi connectivity index (χ2v) is 9.56. The second-order valence-electron chi connectivity index (χ2n) is 6.63. The minimum atomic E-state index is -3.49. The fraction of sp³-hybridized carbons (Fsp3) is 0.368. The topological polar surface area (TPSA) is 82.6 Å². The summed E-state index contributed by atoms with van der Waals surface area (Å²) in [5.41, 5.74) is 1.66. The fourth-order valence-corrected chi connectivity index (χ4v) is 5.02. The molecule has 0 aliphatic carbocycles. The van der Waals surface area contributed by atoms with Crippen LogP contribution < -0.4 is 5.32 Å². The molecule has 28 heavy (non-hydrogen) atoms. The maximum Gasteiger partial charge on any atom is 0.243 e. The average molecular weight is 421 g/mol. The Morgan fingerprint density at radius 1 is 1.14 bits per heavy atom. The van der Waals surface area contributed by atoms with Gasteiger partial charge in [-0.15, -0.1) is 11.8 Å². The summed E-state index contributed by atoms with van der Waals surface area (Å²) in [5, 5.41) is 2.80. The van der Waals surface area contributed by atoms with Crippen LogP contribution in [0.25, 0.3) is 0 Å². The van der Waals surface area contributed by atoms with Crippen molar-refractivity contribution < 1.29 is 13.2 Å². The van der Waals surface area contributed by atoms with Crippen molar-refractivity contribution in [3.05, 3.63) is 54.4 Å². The first kappa shape index (κ1) is 20.8. The third-order valence-corrected chi connectivity index (χ3v) is 7.38. The van der Waals surface area contributed by atoms with Gasteiger partial charge >= 0.3 is 0 Å². The normalized spacial score (nSPS) is 16.0. The van der Waals surface area contributed by atoms with Crippen molar-refractivity contribution in [1.29, 1.82) is 0 Å². The molecule has 1 aliphatic rings. The highest BCUT2D eigenvalue weighted by Crippen LogP contribution is 2.20. The van der Waals surface area contributed by atoms with Crippen LogP contribution in [0.15, 0.2) is 53.7 Å². The molecule has 7 nitrogen and oxygen atoms in total. The molecule has 2 aromatic rings. The lowest BCUT2D eigenvalue weighted by Gasteiger charge is -2.31. The molecule has 0 radical (unpaired) electrons. The summed E-state index contributed by atoms with van der Waals surface area (Å²) in [6.45, 7) is 2.44. The number of carbonyl (C=O) groups excluding carboxylic acids is 1. The van der Waals surface area contributed by atoms with Gasteiger partial charge in [0.05, 0.1) is 10.6 Å². The molecule has 0 unspecified atom stereocenters. The zero-order valence-electron chi connectivity index (χ0n) is 15.7. The van der Waals surface area contributed by atoms with Crippen LogP contribution in [0.1, 0.15) is 5.56 Å². The zero-order chi connectivity index (χ0) is 20.0. The Morgan fingerprint density at radius 2 is 1.86 bits per heavy atom. The smallest absolute Gasteiger partial charge is 0.243 e. The molecule has 0 saturated carbocycles. The van der Waals surface area contributed by atoms with Crippen molar-refractivity contribution in [2.75, 3.05) is 44.3 Å². The predicted molar refractivity (Wildman–Crippen MR) is 112 cm³/mol. The van der Waals surface area contributed by atoms with Crippen molar-refractivity contribution in [2.24, 2.45) is 0 Å². The Balaban J connectivity index is 1.51. The molecule has 2 heterocycles. The summed E-state index contributed by atoms with van der Waals surface area (Å²) in [4.78, 5) is 18.5. The largest absolute Gasteiger partial charge is 0.325 e. The number of nitrogens with one attached hydrogen (secondary N) is 1. The SMILES string of the molecule is CN1CCN(S(=O)(=O)c2ccc(NC(=O)CSCc3cccnc3)cc2)CC1. The molecular weight excluding hydrogens is 396 g/mol. The number of pyridine rings is 1. The van der Waals surface area contributed by atoms with Crippen LogP contribution in [-0.2, 0) is 20.6 Å². The third-order valence-electron chi connectivity index (χ3n) is 4.46. The van der Waals surface area contributed by atoms with Gasteiger partial charge in [-0.3, -0.25) is 9.78 Å². The number of nitrogens with zero attached hydrogens (tertiary/aromatic N) is 3. The van der Waals surface area contributed by atoms with Gasteiger partial charge in [0.2, 0.25) is 15.9 Å².